The third kappa shape index (κ3) is 2.62. The average molecular weight is 533 g/mol. The fraction of sp³-hybridized carbons (Fsp3) is 0.143. The molecule has 4 aliphatic heterocycles. The van der Waals surface area contributed by atoms with Crippen LogP contribution >= 0.6 is 0 Å². The molecule has 0 saturated carbocycles. The van der Waals surface area contributed by atoms with Crippen LogP contribution in [0, 0.1) is 0 Å². The van der Waals surface area contributed by atoms with E-state index in [1.807, 2.05) is 0 Å². The van der Waals surface area contributed by atoms with Gasteiger partial charge in [0, 0.05) is 22.6 Å². The van der Waals surface area contributed by atoms with Gasteiger partial charge in [-0.1, -0.05) is 93.7 Å². The molecule has 40 heavy (non-hydrogen) atoms. The van der Waals surface area contributed by atoms with Crippen LogP contribution in [0.15, 0.2) is 97.1 Å². The van der Waals surface area contributed by atoms with Gasteiger partial charge in [-0.15, -0.1) is 0 Å². The van der Waals surface area contributed by atoms with E-state index in [1.165, 1.54) is 60.7 Å². The molecule has 0 amide bonds. The van der Waals surface area contributed by atoms with Crippen molar-refractivity contribution in [1.82, 2.24) is 0 Å². The summed E-state index contributed by atoms with van der Waals surface area (Å²) in [5.74, 6) is 2.27. The van der Waals surface area contributed by atoms with E-state index in [0.29, 0.717) is 5.92 Å². The first-order chi connectivity index (χ1) is 19.4. The first-order valence-corrected chi connectivity index (χ1v) is 17.4. The monoisotopic (exact) mass is 532 g/mol. The molecule has 0 bridgehead atoms. The Kier molecular flexibility index (Phi) is 4.23. The molecule has 0 fully saturated rings. The van der Waals surface area contributed by atoms with Gasteiger partial charge in [0.2, 0.25) is 0 Å². The molecule has 4 heterocycles. The third-order valence-corrected chi connectivity index (χ3v) is 13.1. The maximum Gasteiger partial charge on any atom is 0.333 e. The number of para-hydroxylation sites is 5. The number of nitrogens with zero attached hydrogens (tertiary/aromatic N) is 2. The third-order valence-electron chi connectivity index (χ3n) is 9.57. The second kappa shape index (κ2) is 7.49. The molecule has 3 nitrogen and oxygen atoms in total. The predicted octanol–water partition coefficient (Wildman–Crippen LogP) is 6.76. The average Bonchev–Trinajstić information content (AvgIpc) is 2.97. The number of ether oxygens (including phenoxy) is 1. The Morgan fingerprint density at radius 1 is 0.675 bits per heavy atom. The highest BCUT2D eigenvalue weighted by molar-refractivity contribution is 7.04. The van der Waals surface area contributed by atoms with E-state index in [2.05, 4.69) is 134 Å². The van der Waals surface area contributed by atoms with Crippen molar-refractivity contribution in [1.29, 1.82) is 0 Å². The van der Waals surface area contributed by atoms with Gasteiger partial charge in [-0.05, 0) is 68.7 Å². The molecule has 192 valence electrons. The smallest absolute Gasteiger partial charge is 0.333 e. The molecule has 0 aliphatic carbocycles. The van der Waals surface area contributed by atoms with Crippen molar-refractivity contribution in [2.45, 2.75) is 32.9 Å². The van der Waals surface area contributed by atoms with Crippen molar-refractivity contribution >= 4 is 64.7 Å². The lowest BCUT2D eigenvalue weighted by Crippen LogP contribution is -2.67. The molecule has 0 saturated heterocycles. The van der Waals surface area contributed by atoms with Crippen LogP contribution in [0.5, 0.6) is 11.5 Å². The summed E-state index contributed by atoms with van der Waals surface area (Å²) in [5, 5.41) is 3.03. The molecule has 0 unspecified atom stereocenters. The van der Waals surface area contributed by atoms with E-state index in [0.717, 1.165) is 17.2 Å². The van der Waals surface area contributed by atoms with Gasteiger partial charge in [-0.25, -0.2) is 0 Å². The highest BCUT2D eigenvalue weighted by Gasteiger charge is 2.51. The first-order valence-electron chi connectivity index (χ1n) is 14.4. The van der Waals surface area contributed by atoms with Gasteiger partial charge in [0.25, 0.3) is 0 Å². The van der Waals surface area contributed by atoms with E-state index in [4.69, 9.17) is 4.74 Å². The maximum atomic E-state index is 6.56. The van der Waals surface area contributed by atoms with Crippen molar-refractivity contribution < 1.29 is 4.74 Å². The summed E-state index contributed by atoms with van der Waals surface area (Å²) in [6.45, 7) is 9.71. The van der Waals surface area contributed by atoms with E-state index in [-0.39, 0.29) is 6.85 Å². The molecule has 0 radical (unpaired) electrons. The fourth-order valence-electron chi connectivity index (χ4n) is 7.68. The number of hydrogen-bond acceptors (Lipinski definition) is 3. The van der Waals surface area contributed by atoms with Crippen LogP contribution in [0.4, 0.5) is 28.4 Å². The first kappa shape index (κ1) is 22.6. The van der Waals surface area contributed by atoms with Gasteiger partial charge in [0.15, 0.2) is 5.75 Å². The van der Waals surface area contributed by atoms with Gasteiger partial charge in [0.1, 0.15) is 13.8 Å². The van der Waals surface area contributed by atoms with Crippen molar-refractivity contribution in [3.63, 3.8) is 0 Å². The lowest BCUT2D eigenvalue weighted by molar-refractivity contribution is 0.478. The zero-order valence-electron chi connectivity index (χ0n) is 23.2. The number of rotatable bonds is 1. The number of anilines is 5. The Bertz CT molecular complexity index is 1930. The van der Waals surface area contributed by atoms with E-state index >= 15 is 0 Å². The van der Waals surface area contributed by atoms with E-state index in [1.54, 1.807) is 0 Å². The summed E-state index contributed by atoms with van der Waals surface area (Å²) in [4.78, 5) is 5.19. The van der Waals surface area contributed by atoms with Gasteiger partial charge in [-0.3, -0.25) is 0 Å². The predicted molar refractivity (Wildman–Crippen MR) is 171 cm³/mol. The number of benzene rings is 5. The van der Waals surface area contributed by atoms with Crippen LogP contribution in [0.1, 0.15) is 25.3 Å². The van der Waals surface area contributed by atoms with Crippen molar-refractivity contribution in [3.8, 4) is 22.6 Å². The van der Waals surface area contributed by atoms with Crippen LogP contribution < -0.4 is 35.7 Å². The van der Waals surface area contributed by atoms with Crippen molar-refractivity contribution in [2.75, 3.05) is 9.71 Å². The van der Waals surface area contributed by atoms with Crippen LogP contribution in [-0.2, 0) is 0 Å². The largest absolute Gasteiger partial charge is 0.453 e. The second-order valence-electron chi connectivity index (χ2n) is 12.4. The normalized spacial score (nSPS) is 16.0. The molecule has 4 aliphatic rings. The topological polar surface area (TPSA) is 15.7 Å². The zero-order chi connectivity index (χ0) is 26.9. The summed E-state index contributed by atoms with van der Waals surface area (Å²) in [6, 6.07) is 36.3. The highest BCUT2D eigenvalue weighted by Crippen LogP contribution is 2.55. The van der Waals surface area contributed by atoms with Crippen molar-refractivity contribution in [2.24, 2.45) is 0 Å². The number of fused-ring (bicyclic) bond motifs is 8. The number of hydrogen-bond donors (Lipinski definition) is 0. The van der Waals surface area contributed by atoms with Crippen LogP contribution in [0.2, 0.25) is 13.1 Å². The Balaban J connectivity index is 1.47. The minimum Gasteiger partial charge on any atom is -0.453 e. The zero-order valence-corrected chi connectivity index (χ0v) is 24.2. The van der Waals surface area contributed by atoms with E-state index in [9.17, 15) is 0 Å². The lowest BCUT2D eigenvalue weighted by Gasteiger charge is -2.51. The van der Waals surface area contributed by atoms with Gasteiger partial charge in [0.05, 0.1) is 11.4 Å². The molecule has 0 aromatic heterocycles. The van der Waals surface area contributed by atoms with Crippen LogP contribution in [0.25, 0.3) is 11.1 Å². The molecule has 5 heteroatoms. The van der Waals surface area contributed by atoms with Gasteiger partial charge < -0.3 is 14.4 Å². The van der Waals surface area contributed by atoms with Crippen LogP contribution in [0.3, 0.4) is 0 Å². The maximum absolute atomic E-state index is 6.56. The summed E-state index contributed by atoms with van der Waals surface area (Å²) < 4.78 is 6.56. The molecule has 9 rings (SSSR count). The molecule has 5 aromatic rings. The minimum atomic E-state index is -1.94. The molecular weight excluding hydrogens is 503 g/mol. The molecule has 0 spiro atoms. The Labute approximate surface area is 236 Å². The Morgan fingerprint density at radius 3 is 2.25 bits per heavy atom. The fourth-order valence-corrected chi connectivity index (χ4v) is 10.7. The van der Waals surface area contributed by atoms with Crippen LogP contribution in [-0.4, -0.2) is 14.9 Å². The van der Waals surface area contributed by atoms with Gasteiger partial charge >= 0.3 is 6.85 Å². The Morgan fingerprint density at radius 2 is 1.40 bits per heavy atom. The molecule has 0 N–H and O–H groups in total. The summed E-state index contributed by atoms with van der Waals surface area (Å²) in [7, 11) is -1.94. The van der Waals surface area contributed by atoms with Gasteiger partial charge in [-0.2, -0.15) is 0 Å². The SMILES string of the molecule is CC(C)c1cc2c3c(c1)N1c4ccccc4[Si](C)(C)c4cccc(c41)B3N1c3ccccc3Oc3cccc-2c31. The summed E-state index contributed by atoms with van der Waals surface area (Å²) >= 11 is 0. The standard InChI is InChI=1S/C35H29BN2OSi/c1-21(2)22-19-24-23-11-9-16-30-34(23)38(26-13-5-7-15-29(26)39-30)36-25-12-10-18-32-35(25)37(28(20-22)33(24)36)27-14-6-8-17-31(27)40(32,3)4/h5-21H,1-4H3. The minimum absolute atomic E-state index is 0.0613. The summed E-state index contributed by atoms with van der Waals surface area (Å²) in [6.07, 6.45) is 0. The molecule has 5 aromatic carbocycles. The second-order valence-corrected chi connectivity index (χ2v) is 16.7. The highest BCUT2D eigenvalue weighted by atomic mass is 28.3. The summed E-state index contributed by atoms with van der Waals surface area (Å²) in [5.41, 5.74) is 13.1. The molecule has 0 atom stereocenters. The van der Waals surface area contributed by atoms with E-state index < -0.39 is 8.07 Å². The molecular formula is C35H29BN2OSi. The van der Waals surface area contributed by atoms with Crippen molar-refractivity contribution in [3.05, 3.63) is 103 Å². The quantitative estimate of drug-likeness (QED) is 0.222. The Hall–Kier alpha value is -4.22. The lowest BCUT2D eigenvalue weighted by atomic mass is 9.43.